The van der Waals surface area contributed by atoms with E-state index in [2.05, 4.69) is 5.10 Å². The van der Waals surface area contributed by atoms with Crippen LogP contribution in [0.25, 0.3) is 0 Å². The minimum atomic E-state index is -3.99. The Morgan fingerprint density at radius 2 is 2.17 bits per heavy atom. The molecule has 0 saturated carbocycles. The third-order valence-electron chi connectivity index (χ3n) is 1.39. The molecule has 1 N–H and O–H groups in total. The van der Waals surface area contributed by atoms with E-state index in [9.17, 15) is 8.42 Å². The lowest BCUT2D eigenvalue weighted by atomic mass is 10.4. The molecule has 0 bridgehead atoms. The van der Waals surface area contributed by atoms with Crippen LogP contribution in [0.3, 0.4) is 0 Å². The second-order valence-corrected chi connectivity index (χ2v) is 4.06. The van der Waals surface area contributed by atoms with Gasteiger partial charge < -0.3 is 0 Å². The first-order valence-corrected chi connectivity index (χ1v) is 4.95. The van der Waals surface area contributed by atoms with Crippen molar-refractivity contribution in [1.82, 2.24) is 9.78 Å². The maximum Gasteiger partial charge on any atom is 0.285 e. The summed E-state index contributed by atoms with van der Waals surface area (Å²) in [5.41, 5.74) is 1.45. The van der Waals surface area contributed by atoms with Gasteiger partial charge in [0.15, 0.2) is 5.88 Å². The maximum atomic E-state index is 10.5. The van der Waals surface area contributed by atoms with E-state index >= 15 is 0 Å². The maximum absolute atomic E-state index is 10.5. The van der Waals surface area contributed by atoms with Crippen molar-refractivity contribution < 1.29 is 13.0 Å². The van der Waals surface area contributed by atoms with Gasteiger partial charge in [0.2, 0.25) is 0 Å². The van der Waals surface area contributed by atoms with Gasteiger partial charge in [-0.2, -0.15) is 13.5 Å². The zero-order valence-corrected chi connectivity index (χ0v) is 7.67. The van der Waals surface area contributed by atoms with Crippen LogP contribution in [0.5, 0.6) is 0 Å². The van der Waals surface area contributed by atoms with Gasteiger partial charge >= 0.3 is 0 Å². The molecule has 0 aliphatic carbocycles. The lowest BCUT2D eigenvalue weighted by molar-refractivity contribution is 0.465. The van der Waals surface area contributed by atoms with Gasteiger partial charge in [-0.15, -0.1) is 0 Å². The van der Waals surface area contributed by atoms with Gasteiger partial charge in [0, 0.05) is 5.69 Å². The molecule has 0 fully saturated rings. The number of aromatic nitrogens is 2. The molecule has 0 aliphatic rings. The first-order valence-electron chi connectivity index (χ1n) is 3.35. The van der Waals surface area contributed by atoms with Crippen LogP contribution < -0.4 is 0 Å². The molecule has 0 saturated heterocycles. The second kappa shape index (κ2) is 2.87. The summed E-state index contributed by atoms with van der Waals surface area (Å²) in [5.74, 6) is -0.479. The molecule has 0 spiro atoms. The lowest BCUT2D eigenvalue weighted by Gasteiger charge is -1.99. The molecule has 68 valence electrons. The average molecular weight is 190 g/mol. The van der Waals surface area contributed by atoms with Gasteiger partial charge in [-0.05, 0) is 19.9 Å². The van der Waals surface area contributed by atoms with Crippen molar-refractivity contribution in [1.29, 1.82) is 0 Å². The molecule has 0 aliphatic heterocycles. The Bertz CT molecular complexity index is 379. The Kier molecular flexibility index (Phi) is 2.20. The lowest BCUT2D eigenvalue weighted by Crippen LogP contribution is -2.11. The summed E-state index contributed by atoms with van der Waals surface area (Å²) in [6.45, 7) is 3.48. The number of hydrogen-bond acceptors (Lipinski definition) is 3. The van der Waals surface area contributed by atoms with Crippen molar-refractivity contribution in [2.75, 3.05) is 0 Å². The summed E-state index contributed by atoms with van der Waals surface area (Å²) in [4.78, 5) is 0. The van der Waals surface area contributed by atoms with Crippen LogP contribution in [0.2, 0.25) is 0 Å². The monoisotopic (exact) mass is 190 g/mol. The van der Waals surface area contributed by atoms with Crippen LogP contribution in [0.1, 0.15) is 11.4 Å². The molecule has 0 unspecified atom stereocenters. The highest BCUT2D eigenvalue weighted by molar-refractivity contribution is 7.84. The fourth-order valence-corrected chi connectivity index (χ4v) is 1.53. The Labute approximate surface area is 70.8 Å². The minimum absolute atomic E-state index is 0.479. The van der Waals surface area contributed by atoms with Crippen molar-refractivity contribution in [3.63, 3.8) is 0 Å². The highest BCUT2D eigenvalue weighted by Gasteiger charge is 2.08. The molecule has 1 heterocycles. The smallest absolute Gasteiger partial charge is 0.284 e. The highest BCUT2D eigenvalue weighted by Crippen LogP contribution is 2.02. The van der Waals surface area contributed by atoms with E-state index in [0.29, 0.717) is 5.69 Å². The largest absolute Gasteiger partial charge is 0.285 e. The molecule has 12 heavy (non-hydrogen) atoms. The Hall–Kier alpha value is -0.880. The molecular weight excluding hydrogens is 180 g/mol. The van der Waals surface area contributed by atoms with E-state index in [0.717, 1.165) is 5.69 Å². The van der Waals surface area contributed by atoms with Crippen molar-refractivity contribution in [2.24, 2.45) is 0 Å². The fourth-order valence-electron chi connectivity index (χ4n) is 0.960. The number of aryl methyl sites for hydroxylation is 2. The Morgan fingerprint density at radius 3 is 2.50 bits per heavy atom. The van der Waals surface area contributed by atoms with Crippen LogP contribution in [0.15, 0.2) is 6.07 Å². The molecule has 5 nitrogen and oxygen atoms in total. The van der Waals surface area contributed by atoms with Crippen molar-refractivity contribution in [3.05, 3.63) is 17.5 Å². The molecule has 0 aromatic carbocycles. The summed E-state index contributed by atoms with van der Waals surface area (Å²) in [7, 11) is -3.99. The van der Waals surface area contributed by atoms with Crippen LogP contribution in [-0.4, -0.2) is 22.8 Å². The van der Waals surface area contributed by atoms with E-state index in [4.69, 9.17) is 4.55 Å². The summed E-state index contributed by atoms with van der Waals surface area (Å²) < 4.78 is 30.7. The number of nitrogens with zero attached hydrogens (tertiary/aromatic N) is 2. The zero-order valence-electron chi connectivity index (χ0n) is 6.85. The van der Waals surface area contributed by atoms with Gasteiger partial charge in [0.25, 0.3) is 10.1 Å². The van der Waals surface area contributed by atoms with Crippen LogP contribution in [0.4, 0.5) is 0 Å². The molecule has 1 aromatic heterocycles. The average Bonchev–Trinajstić information content (AvgIpc) is 2.06. The summed E-state index contributed by atoms with van der Waals surface area (Å²) in [6, 6.07) is 1.74. The van der Waals surface area contributed by atoms with E-state index in [1.807, 2.05) is 0 Å². The molecule has 1 rings (SSSR count). The van der Waals surface area contributed by atoms with Crippen LogP contribution in [-0.2, 0) is 16.0 Å². The van der Waals surface area contributed by atoms with E-state index < -0.39 is 16.0 Å². The molecule has 1 aromatic rings. The molecule has 0 radical (unpaired) electrons. The first-order chi connectivity index (χ1) is 5.38. The summed E-state index contributed by atoms with van der Waals surface area (Å²) >= 11 is 0. The first kappa shape index (κ1) is 9.21. The predicted molar refractivity (Wildman–Crippen MR) is 43.2 cm³/mol. The molecular formula is C6H10N2O3S. The van der Waals surface area contributed by atoms with Gasteiger partial charge in [-0.3, -0.25) is 9.23 Å². The normalized spacial score (nSPS) is 11.9. The van der Waals surface area contributed by atoms with Crippen molar-refractivity contribution in [2.45, 2.75) is 19.7 Å². The fraction of sp³-hybridized carbons (Fsp3) is 0.500. The third-order valence-corrected chi connectivity index (χ3v) is 1.96. The topological polar surface area (TPSA) is 72.2 Å². The molecule has 0 amide bonds. The van der Waals surface area contributed by atoms with Crippen LogP contribution >= 0.6 is 0 Å². The minimum Gasteiger partial charge on any atom is -0.284 e. The van der Waals surface area contributed by atoms with E-state index in [-0.39, 0.29) is 0 Å². The third kappa shape index (κ3) is 2.31. The number of hydrogen-bond donors (Lipinski definition) is 1. The molecule has 6 heteroatoms. The van der Waals surface area contributed by atoms with Gasteiger partial charge in [0.05, 0.1) is 5.69 Å². The Balaban J connectivity index is 2.97. The number of rotatable bonds is 2. The summed E-state index contributed by atoms with van der Waals surface area (Å²) in [6.07, 6.45) is 0. The van der Waals surface area contributed by atoms with Crippen molar-refractivity contribution in [3.8, 4) is 0 Å². The standard InChI is InChI=1S/C6H10N2O3S/c1-5-3-6(2)8(7-5)4-12(9,10)11/h3H,4H2,1-2H3,(H,9,10,11). The van der Waals surface area contributed by atoms with Gasteiger partial charge in [0.1, 0.15) is 0 Å². The van der Waals surface area contributed by atoms with E-state index in [1.165, 1.54) is 4.68 Å². The summed E-state index contributed by atoms with van der Waals surface area (Å²) in [5, 5.41) is 3.87. The van der Waals surface area contributed by atoms with Crippen molar-refractivity contribution >= 4 is 10.1 Å². The van der Waals surface area contributed by atoms with Gasteiger partial charge in [-0.25, -0.2) is 0 Å². The van der Waals surface area contributed by atoms with Gasteiger partial charge in [-0.1, -0.05) is 0 Å². The molecule has 0 atom stereocenters. The van der Waals surface area contributed by atoms with Crippen LogP contribution in [0, 0.1) is 13.8 Å². The zero-order chi connectivity index (χ0) is 9.35. The predicted octanol–water partition coefficient (Wildman–Crippen LogP) is 0.345. The SMILES string of the molecule is Cc1cc(C)n(CS(=O)(=O)O)n1. The quantitative estimate of drug-likeness (QED) is 0.683. The van der Waals surface area contributed by atoms with E-state index in [1.54, 1.807) is 19.9 Å². The second-order valence-electron chi connectivity index (χ2n) is 2.64. The highest BCUT2D eigenvalue weighted by atomic mass is 32.2. The Morgan fingerprint density at radius 1 is 1.58 bits per heavy atom.